The molecule has 0 N–H and O–H groups in total. The van der Waals surface area contributed by atoms with E-state index in [4.69, 9.17) is 22.1 Å². The van der Waals surface area contributed by atoms with Gasteiger partial charge in [-0.25, -0.2) is 0 Å². The van der Waals surface area contributed by atoms with Gasteiger partial charge < -0.3 is 0 Å². The molecule has 0 amide bonds. The summed E-state index contributed by atoms with van der Waals surface area (Å²) in [6.45, 7) is 0. The number of rotatable bonds is 0. The molecule has 0 saturated heterocycles. The van der Waals surface area contributed by atoms with E-state index in [0.717, 1.165) is 0 Å². The molecule has 0 aliphatic rings. The zero-order valence-electron chi connectivity index (χ0n) is 6.50. The topological polar surface area (TPSA) is 47.6 Å². The van der Waals surface area contributed by atoms with Crippen molar-refractivity contribution < 1.29 is 0 Å². The molecule has 0 bridgehead atoms. The molecule has 0 aromatic heterocycles. The summed E-state index contributed by atoms with van der Waals surface area (Å²) in [4.78, 5) is 0. The predicted molar refractivity (Wildman–Crippen MR) is 48.7 cm³/mol. The van der Waals surface area contributed by atoms with Crippen LogP contribution in [0.1, 0.15) is 11.1 Å². The van der Waals surface area contributed by atoms with Crippen LogP contribution in [0.3, 0.4) is 0 Å². The molecule has 0 aliphatic heterocycles. The average molecular weight is 187 g/mol. The first-order valence-corrected chi connectivity index (χ1v) is 3.75. The van der Waals surface area contributed by atoms with Crippen LogP contribution in [-0.4, -0.2) is 0 Å². The van der Waals surface area contributed by atoms with Gasteiger partial charge in [-0.1, -0.05) is 17.5 Å². The van der Waals surface area contributed by atoms with E-state index in [-0.39, 0.29) is 0 Å². The Morgan fingerprint density at radius 2 is 2.00 bits per heavy atom. The van der Waals surface area contributed by atoms with Gasteiger partial charge >= 0.3 is 0 Å². The Kier molecular flexibility index (Phi) is 2.93. The number of nitrogens with zero attached hydrogens (tertiary/aromatic N) is 2. The molecule has 3 heteroatoms. The molecule has 2 nitrogen and oxygen atoms in total. The number of halogens is 1. The zero-order chi connectivity index (χ0) is 9.68. The number of benzene rings is 1. The minimum Gasteiger partial charge on any atom is -0.192 e. The number of hydrogen-bond donors (Lipinski definition) is 0. The largest absolute Gasteiger partial charge is 0.192 e. The van der Waals surface area contributed by atoms with Crippen LogP contribution < -0.4 is 0 Å². The van der Waals surface area contributed by atoms with Crippen LogP contribution in [0.4, 0.5) is 0 Å². The van der Waals surface area contributed by atoms with E-state index in [2.05, 4.69) is 11.8 Å². The Bertz CT molecular complexity index is 466. The number of hydrogen-bond acceptors (Lipinski definition) is 2. The lowest BCUT2D eigenvalue weighted by Crippen LogP contribution is -1.79. The van der Waals surface area contributed by atoms with Crippen molar-refractivity contribution in [3.8, 4) is 24.0 Å². The van der Waals surface area contributed by atoms with Crippen molar-refractivity contribution in [2.24, 2.45) is 0 Å². The van der Waals surface area contributed by atoms with Gasteiger partial charge in [0.25, 0.3) is 0 Å². The maximum atomic E-state index is 8.62. The molecule has 1 aromatic rings. The summed E-state index contributed by atoms with van der Waals surface area (Å²) >= 11 is 5.69. The summed E-state index contributed by atoms with van der Waals surface area (Å²) in [5, 5.41) is 17.2. The standard InChI is InChI=1S/C10H3ClN2/c11-10-4-3-8(2-1-5-12)6-9(10)7-13/h3-4,6H. The second kappa shape index (κ2) is 4.17. The molecule has 0 radical (unpaired) electrons. The molecular formula is C10H3ClN2. The molecule has 1 rings (SSSR count). The summed E-state index contributed by atoms with van der Waals surface area (Å²) in [5.41, 5.74) is 0.980. The molecule has 0 spiro atoms. The molecule has 1 aromatic carbocycles. The van der Waals surface area contributed by atoms with Gasteiger partial charge in [-0.3, -0.25) is 0 Å². The van der Waals surface area contributed by atoms with Crippen LogP contribution in [0.5, 0.6) is 0 Å². The van der Waals surface area contributed by atoms with Crippen molar-refractivity contribution in [3.63, 3.8) is 0 Å². The highest BCUT2D eigenvalue weighted by atomic mass is 35.5. The third-order valence-corrected chi connectivity index (χ3v) is 1.68. The predicted octanol–water partition coefficient (Wildman–Crippen LogP) is 2.09. The fourth-order valence-corrected chi connectivity index (χ4v) is 0.949. The lowest BCUT2D eigenvalue weighted by molar-refractivity contribution is 1.48. The Morgan fingerprint density at radius 1 is 1.23 bits per heavy atom. The van der Waals surface area contributed by atoms with Crippen LogP contribution in [0.2, 0.25) is 5.02 Å². The quantitative estimate of drug-likeness (QED) is 0.583. The molecular weight excluding hydrogens is 184 g/mol. The highest BCUT2D eigenvalue weighted by Gasteiger charge is 1.98. The van der Waals surface area contributed by atoms with E-state index in [1.54, 1.807) is 24.3 Å². The third-order valence-electron chi connectivity index (χ3n) is 1.35. The van der Waals surface area contributed by atoms with E-state index < -0.39 is 0 Å². The fraction of sp³-hybridized carbons (Fsp3) is 0. The van der Waals surface area contributed by atoms with Gasteiger partial charge in [0.05, 0.1) is 10.6 Å². The number of nitriles is 2. The van der Waals surface area contributed by atoms with Crippen molar-refractivity contribution in [3.05, 3.63) is 34.3 Å². The van der Waals surface area contributed by atoms with Gasteiger partial charge in [0.15, 0.2) is 6.07 Å². The first-order valence-electron chi connectivity index (χ1n) is 3.37. The average Bonchev–Trinajstić information content (AvgIpc) is 2.16. The third kappa shape index (κ3) is 2.24. The Labute approximate surface area is 81.0 Å². The molecule has 0 saturated carbocycles. The molecule has 13 heavy (non-hydrogen) atoms. The summed E-state index contributed by atoms with van der Waals surface area (Å²) in [7, 11) is 0. The van der Waals surface area contributed by atoms with Crippen molar-refractivity contribution in [1.82, 2.24) is 0 Å². The van der Waals surface area contributed by atoms with Crippen molar-refractivity contribution in [2.45, 2.75) is 0 Å². The minimum absolute atomic E-state index is 0.367. The van der Waals surface area contributed by atoms with E-state index >= 15 is 0 Å². The van der Waals surface area contributed by atoms with Crippen LogP contribution in [0.25, 0.3) is 0 Å². The maximum Gasteiger partial charge on any atom is 0.152 e. The highest BCUT2D eigenvalue weighted by molar-refractivity contribution is 6.31. The first kappa shape index (κ1) is 9.14. The van der Waals surface area contributed by atoms with Gasteiger partial charge in [0.1, 0.15) is 6.07 Å². The highest BCUT2D eigenvalue weighted by Crippen LogP contribution is 2.15. The van der Waals surface area contributed by atoms with Crippen molar-refractivity contribution in [2.75, 3.05) is 0 Å². The van der Waals surface area contributed by atoms with Crippen molar-refractivity contribution in [1.29, 1.82) is 10.5 Å². The molecule has 0 unspecified atom stereocenters. The Balaban J connectivity index is 3.18. The van der Waals surface area contributed by atoms with Crippen LogP contribution in [0.15, 0.2) is 18.2 Å². The zero-order valence-corrected chi connectivity index (χ0v) is 7.26. The van der Waals surface area contributed by atoms with E-state index in [0.29, 0.717) is 16.1 Å². The Hall–Kier alpha value is -1.95. The Morgan fingerprint density at radius 3 is 2.62 bits per heavy atom. The molecule has 0 heterocycles. The smallest absolute Gasteiger partial charge is 0.152 e. The van der Waals surface area contributed by atoms with Crippen LogP contribution in [-0.2, 0) is 0 Å². The fourth-order valence-electron chi connectivity index (χ4n) is 0.789. The van der Waals surface area contributed by atoms with E-state index in [1.807, 2.05) is 6.07 Å². The van der Waals surface area contributed by atoms with Gasteiger partial charge in [-0.05, 0) is 18.2 Å². The minimum atomic E-state index is 0.367. The van der Waals surface area contributed by atoms with Gasteiger partial charge in [-0.15, -0.1) is 0 Å². The molecule has 0 fully saturated rings. The summed E-state index contributed by atoms with van der Waals surface area (Å²) < 4.78 is 0. The monoisotopic (exact) mass is 186 g/mol. The lowest BCUT2D eigenvalue weighted by Gasteiger charge is -1.93. The second-order valence-electron chi connectivity index (χ2n) is 2.17. The van der Waals surface area contributed by atoms with Crippen LogP contribution >= 0.6 is 11.6 Å². The van der Waals surface area contributed by atoms with Crippen LogP contribution in [0, 0.1) is 34.5 Å². The molecule has 60 valence electrons. The second-order valence-corrected chi connectivity index (χ2v) is 2.58. The molecule has 0 atom stereocenters. The normalized spacial score (nSPS) is 7.62. The molecule has 0 aliphatic carbocycles. The first-order chi connectivity index (χ1) is 6.27. The van der Waals surface area contributed by atoms with E-state index in [9.17, 15) is 0 Å². The van der Waals surface area contributed by atoms with Crippen molar-refractivity contribution >= 4 is 11.6 Å². The van der Waals surface area contributed by atoms with Gasteiger partial charge in [-0.2, -0.15) is 10.5 Å². The SMILES string of the molecule is N#CC#Cc1ccc(Cl)c(C#N)c1. The van der Waals surface area contributed by atoms with E-state index in [1.165, 1.54) is 0 Å². The summed E-state index contributed by atoms with van der Waals surface area (Å²) in [6, 6.07) is 8.41. The lowest BCUT2D eigenvalue weighted by atomic mass is 10.1. The van der Waals surface area contributed by atoms with Gasteiger partial charge in [0.2, 0.25) is 0 Å². The summed E-state index contributed by atoms with van der Waals surface area (Å²) in [5.74, 6) is 4.81. The maximum absolute atomic E-state index is 8.62. The van der Waals surface area contributed by atoms with Gasteiger partial charge in [0, 0.05) is 11.5 Å². The summed E-state index contributed by atoms with van der Waals surface area (Å²) in [6.07, 6.45) is 0.